The number of β-lactam (4-membered cyclic amide) rings is 1. The second-order valence-electron chi connectivity index (χ2n) is 5.68. The SMILES string of the molecule is CC1=C(C(=O)O)N2C(=O)C(NS(=O)(=O)Cc3ccccc3)C2SC1. The van der Waals surface area contributed by atoms with Crippen molar-refractivity contribution in [2.75, 3.05) is 5.75 Å². The number of nitrogens with one attached hydrogen (secondary N) is 1. The van der Waals surface area contributed by atoms with Crippen LogP contribution < -0.4 is 4.72 Å². The lowest BCUT2D eigenvalue weighted by molar-refractivity contribution is -0.148. The molecule has 2 atom stereocenters. The van der Waals surface area contributed by atoms with E-state index in [2.05, 4.69) is 4.72 Å². The topological polar surface area (TPSA) is 104 Å². The molecule has 0 aliphatic carbocycles. The molecule has 2 N–H and O–H groups in total. The number of hydrogen-bond acceptors (Lipinski definition) is 5. The molecular weight excluding hydrogens is 352 g/mol. The largest absolute Gasteiger partial charge is 0.477 e. The van der Waals surface area contributed by atoms with Crippen LogP contribution in [0.5, 0.6) is 0 Å². The van der Waals surface area contributed by atoms with Crippen molar-refractivity contribution in [3.05, 3.63) is 47.2 Å². The third-order valence-electron chi connectivity index (χ3n) is 3.87. The molecule has 0 radical (unpaired) electrons. The monoisotopic (exact) mass is 368 g/mol. The maximum absolute atomic E-state index is 12.3. The average Bonchev–Trinajstić information content (AvgIpc) is 2.52. The quantitative estimate of drug-likeness (QED) is 0.743. The summed E-state index contributed by atoms with van der Waals surface area (Å²) in [6.07, 6.45) is 0. The Morgan fingerprint density at radius 3 is 2.67 bits per heavy atom. The Hall–Kier alpha value is -1.84. The number of benzene rings is 1. The van der Waals surface area contributed by atoms with Crippen LogP contribution in [0.1, 0.15) is 12.5 Å². The van der Waals surface area contributed by atoms with Crippen LogP contribution in [0.3, 0.4) is 0 Å². The molecule has 1 aromatic carbocycles. The van der Waals surface area contributed by atoms with Crippen molar-refractivity contribution < 1.29 is 23.1 Å². The first kappa shape index (κ1) is 17.0. The molecule has 7 nitrogen and oxygen atoms in total. The van der Waals surface area contributed by atoms with Gasteiger partial charge in [0.2, 0.25) is 15.9 Å². The van der Waals surface area contributed by atoms with Crippen molar-refractivity contribution in [3.63, 3.8) is 0 Å². The summed E-state index contributed by atoms with van der Waals surface area (Å²) in [4.78, 5) is 24.8. The molecule has 0 aromatic heterocycles. The van der Waals surface area contributed by atoms with Crippen molar-refractivity contribution in [3.8, 4) is 0 Å². The number of carboxylic acids is 1. The van der Waals surface area contributed by atoms with Crippen molar-refractivity contribution in [2.24, 2.45) is 0 Å². The number of hydrogen-bond donors (Lipinski definition) is 2. The van der Waals surface area contributed by atoms with Gasteiger partial charge in [-0.2, -0.15) is 4.72 Å². The van der Waals surface area contributed by atoms with Crippen LogP contribution in [-0.4, -0.2) is 47.5 Å². The number of fused-ring (bicyclic) bond motifs is 1. The minimum Gasteiger partial charge on any atom is -0.477 e. The number of carbonyl (C=O) groups is 2. The standard InChI is InChI=1S/C15H16N2O5S2/c1-9-7-23-14-11(13(18)17(14)12(9)15(19)20)16-24(21,22)8-10-5-3-2-4-6-10/h2-6,11,14,16H,7-8H2,1H3,(H,19,20). The molecule has 3 rings (SSSR count). The number of rotatable bonds is 5. The van der Waals surface area contributed by atoms with Gasteiger partial charge in [0.15, 0.2) is 0 Å². The molecule has 9 heteroatoms. The first-order chi connectivity index (χ1) is 11.3. The smallest absolute Gasteiger partial charge is 0.352 e. The normalized spacial score (nSPS) is 23.7. The first-order valence-corrected chi connectivity index (χ1v) is 9.92. The Balaban J connectivity index is 1.74. The van der Waals surface area contributed by atoms with Gasteiger partial charge in [-0.25, -0.2) is 13.2 Å². The fourth-order valence-electron chi connectivity index (χ4n) is 2.78. The minimum atomic E-state index is -3.70. The lowest BCUT2D eigenvalue weighted by Crippen LogP contribution is -2.70. The number of carbonyl (C=O) groups excluding carboxylic acids is 1. The van der Waals surface area contributed by atoms with Gasteiger partial charge in [-0.3, -0.25) is 9.69 Å². The van der Waals surface area contributed by atoms with E-state index in [-0.39, 0.29) is 11.4 Å². The van der Waals surface area contributed by atoms with E-state index in [0.717, 1.165) is 0 Å². The zero-order valence-electron chi connectivity index (χ0n) is 12.8. The number of thioether (sulfide) groups is 1. The predicted octanol–water partition coefficient (Wildman–Crippen LogP) is 0.748. The number of aliphatic carboxylic acids is 1. The Morgan fingerprint density at radius 2 is 2.04 bits per heavy atom. The third kappa shape index (κ3) is 3.06. The molecule has 1 saturated heterocycles. The Morgan fingerprint density at radius 1 is 1.38 bits per heavy atom. The van der Waals surface area contributed by atoms with E-state index in [4.69, 9.17) is 0 Å². The zero-order valence-corrected chi connectivity index (χ0v) is 14.4. The second kappa shape index (κ2) is 6.23. The van der Waals surface area contributed by atoms with Gasteiger partial charge in [-0.15, -0.1) is 11.8 Å². The summed E-state index contributed by atoms with van der Waals surface area (Å²) in [5.74, 6) is -1.47. The molecule has 128 valence electrons. The molecule has 24 heavy (non-hydrogen) atoms. The molecule has 0 bridgehead atoms. The summed E-state index contributed by atoms with van der Waals surface area (Å²) in [7, 11) is -3.70. The van der Waals surface area contributed by atoms with E-state index in [1.54, 1.807) is 37.3 Å². The number of sulfonamides is 1. The third-order valence-corrected chi connectivity index (χ3v) is 6.62. The van der Waals surface area contributed by atoms with Crippen molar-refractivity contribution >= 4 is 33.7 Å². The van der Waals surface area contributed by atoms with Gasteiger partial charge in [0.25, 0.3) is 0 Å². The molecule has 1 amide bonds. The number of amides is 1. The van der Waals surface area contributed by atoms with Crippen LogP contribution in [0, 0.1) is 0 Å². The maximum atomic E-state index is 12.3. The Labute approximate surface area is 143 Å². The Kier molecular flexibility index (Phi) is 4.41. The summed E-state index contributed by atoms with van der Waals surface area (Å²) in [5.41, 5.74) is 1.18. The molecule has 2 unspecified atom stereocenters. The van der Waals surface area contributed by atoms with Crippen molar-refractivity contribution in [1.29, 1.82) is 0 Å². The molecule has 0 spiro atoms. The van der Waals surface area contributed by atoms with E-state index < -0.39 is 33.3 Å². The maximum Gasteiger partial charge on any atom is 0.352 e. The van der Waals surface area contributed by atoms with Crippen LogP contribution in [0.4, 0.5) is 0 Å². The Bertz CT molecular complexity index is 820. The van der Waals surface area contributed by atoms with Crippen LogP contribution in [0.2, 0.25) is 0 Å². The molecule has 2 heterocycles. The van der Waals surface area contributed by atoms with E-state index in [9.17, 15) is 23.1 Å². The molecule has 2 aliphatic rings. The van der Waals surface area contributed by atoms with Gasteiger partial charge in [-0.1, -0.05) is 30.3 Å². The summed E-state index contributed by atoms with van der Waals surface area (Å²) < 4.78 is 27.0. The van der Waals surface area contributed by atoms with E-state index in [0.29, 0.717) is 16.9 Å². The van der Waals surface area contributed by atoms with Gasteiger partial charge in [-0.05, 0) is 18.1 Å². The fourth-order valence-corrected chi connectivity index (χ4v) is 5.49. The van der Waals surface area contributed by atoms with Gasteiger partial charge in [0, 0.05) is 5.75 Å². The van der Waals surface area contributed by atoms with Gasteiger partial charge < -0.3 is 5.11 Å². The van der Waals surface area contributed by atoms with Gasteiger partial charge >= 0.3 is 5.97 Å². The van der Waals surface area contributed by atoms with Crippen LogP contribution in [0.15, 0.2) is 41.6 Å². The first-order valence-electron chi connectivity index (χ1n) is 7.22. The van der Waals surface area contributed by atoms with Crippen LogP contribution in [0.25, 0.3) is 0 Å². The molecule has 0 saturated carbocycles. The number of nitrogens with zero attached hydrogens (tertiary/aromatic N) is 1. The number of carboxylic acid groups (broad SMARTS) is 1. The highest BCUT2D eigenvalue weighted by molar-refractivity contribution is 8.00. The summed E-state index contributed by atoms with van der Waals surface area (Å²) in [6.45, 7) is 1.66. The lowest BCUT2D eigenvalue weighted by atomic mass is 10.0. The van der Waals surface area contributed by atoms with Crippen molar-refractivity contribution in [2.45, 2.75) is 24.1 Å². The second-order valence-corrected chi connectivity index (χ2v) is 8.54. The van der Waals surface area contributed by atoms with E-state index in [1.165, 1.54) is 16.7 Å². The molecule has 1 aromatic rings. The van der Waals surface area contributed by atoms with Gasteiger partial charge in [0.1, 0.15) is 17.1 Å². The molecule has 1 fully saturated rings. The lowest BCUT2D eigenvalue weighted by Gasteiger charge is -2.49. The highest BCUT2D eigenvalue weighted by atomic mass is 32.2. The summed E-state index contributed by atoms with van der Waals surface area (Å²) in [5, 5.41) is 8.75. The van der Waals surface area contributed by atoms with Crippen molar-refractivity contribution in [1.82, 2.24) is 9.62 Å². The average molecular weight is 368 g/mol. The highest BCUT2D eigenvalue weighted by Crippen LogP contribution is 2.40. The molecular formula is C15H16N2O5S2. The van der Waals surface area contributed by atoms with Crippen LogP contribution >= 0.6 is 11.8 Å². The predicted molar refractivity (Wildman–Crippen MR) is 89.4 cm³/mol. The van der Waals surface area contributed by atoms with E-state index in [1.807, 2.05) is 0 Å². The van der Waals surface area contributed by atoms with Gasteiger partial charge in [0.05, 0.1) is 5.75 Å². The zero-order chi connectivity index (χ0) is 17.5. The van der Waals surface area contributed by atoms with Crippen LogP contribution in [-0.2, 0) is 25.4 Å². The van der Waals surface area contributed by atoms with E-state index >= 15 is 0 Å². The molecule has 2 aliphatic heterocycles. The summed E-state index contributed by atoms with van der Waals surface area (Å²) >= 11 is 1.36. The minimum absolute atomic E-state index is 0.0396. The highest BCUT2D eigenvalue weighted by Gasteiger charge is 2.54. The fraction of sp³-hybridized carbons (Fsp3) is 0.333. The summed E-state index contributed by atoms with van der Waals surface area (Å²) in [6, 6.07) is 7.73.